The summed E-state index contributed by atoms with van der Waals surface area (Å²) in [6.07, 6.45) is 1.53. The van der Waals surface area contributed by atoms with Crippen molar-refractivity contribution < 1.29 is 9.15 Å². The van der Waals surface area contributed by atoms with Gasteiger partial charge in [0.15, 0.2) is 0 Å². The average Bonchev–Trinajstić information content (AvgIpc) is 3.41. The van der Waals surface area contributed by atoms with Gasteiger partial charge in [-0.2, -0.15) is 0 Å². The van der Waals surface area contributed by atoms with E-state index in [1.54, 1.807) is 7.11 Å². The van der Waals surface area contributed by atoms with E-state index in [9.17, 15) is 4.79 Å². The third-order valence-corrected chi connectivity index (χ3v) is 6.31. The van der Waals surface area contributed by atoms with Gasteiger partial charge in [-0.05, 0) is 42.3 Å². The van der Waals surface area contributed by atoms with Gasteiger partial charge in [0.2, 0.25) is 11.8 Å². The topological polar surface area (TPSA) is 83.0 Å². The molecule has 2 aromatic carbocycles. The van der Waals surface area contributed by atoms with Crippen LogP contribution in [0.1, 0.15) is 11.5 Å². The Morgan fingerprint density at radius 2 is 1.81 bits per heavy atom. The molecule has 7 nitrogen and oxygen atoms in total. The van der Waals surface area contributed by atoms with Gasteiger partial charge in [-0.1, -0.05) is 30.3 Å². The van der Waals surface area contributed by atoms with Crippen molar-refractivity contribution in [1.29, 1.82) is 0 Å². The number of rotatable bonds is 5. The lowest BCUT2D eigenvalue weighted by atomic mass is 10.1. The highest BCUT2D eigenvalue weighted by atomic mass is 32.1. The molecule has 5 aromatic rings. The Labute approximate surface area is 181 Å². The van der Waals surface area contributed by atoms with Crippen LogP contribution in [-0.2, 0) is 6.54 Å². The Morgan fingerprint density at radius 1 is 1.03 bits per heavy atom. The maximum Gasteiger partial charge on any atom is 0.262 e. The second-order valence-electron chi connectivity index (χ2n) is 7.01. The van der Waals surface area contributed by atoms with Crippen LogP contribution in [-0.4, -0.2) is 26.9 Å². The maximum atomic E-state index is 13.2. The molecule has 0 radical (unpaired) electrons. The smallest absolute Gasteiger partial charge is 0.262 e. The number of thiophene rings is 1. The summed E-state index contributed by atoms with van der Waals surface area (Å²) in [5.41, 5.74) is 2.67. The fraction of sp³-hybridized carbons (Fsp3) is 0.130. The van der Waals surface area contributed by atoms with Crippen LogP contribution in [0.25, 0.3) is 32.1 Å². The molecule has 0 bridgehead atoms. The van der Waals surface area contributed by atoms with Crippen LogP contribution in [0.4, 0.5) is 0 Å². The predicted molar refractivity (Wildman–Crippen MR) is 119 cm³/mol. The van der Waals surface area contributed by atoms with Crippen molar-refractivity contribution in [1.82, 2.24) is 19.7 Å². The van der Waals surface area contributed by atoms with Gasteiger partial charge in [-0.3, -0.25) is 9.36 Å². The van der Waals surface area contributed by atoms with E-state index in [0.29, 0.717) is 17.2 Å². The third-order valence-electron chi connectivity index (χ3n) is 5.06. The Balaban J connectivity index is 1.47. The van der Waals surface area contributed by atoms with E-state index < -0.39 is 0 Å². The molecule has 0 aliphatic heterocycles. The van der Waals surface area contributed by atoms with E-state index >= 15 is 0 Å². The van der Waals surface area contributed by atoms with Crippen molar-refractivity contribution in [3.05, 3.63) is 82.7 Å². The number of fused-ring (bicyclic) bond motifs is 1. The first-order valence-electron chi connectivity index (χ1n) is 9.65. The van der Waals surface area contributed by atoms with Gasteiger partial charge in [0.05, 0.1) is 18.8 Å². The van der Waals surface area contributed by atoms with E-state index in [4.69, 9.17) is 9.15 Å². The number of aromatic nitrogens is 4. The van der Waals surface area contributed by atoms with Gasteiger partial charge in [0.25, 0.3) is 5.56 Å². The van der Waals surface area contributed by atoms with Crippen molar-refractivity contribution in [3.8, 4) is 27.6 Å². The molecule has 0 unspecified atom stereocenters. The molecular formula is C23H18N4O3S. The normalized spacial score (nSPS) is 11.2. The number of hydrogen-bond donors (Lipinski definition) is 0. The molecular weight excluding hydrogens is 412 g/mol. The van der Waals surface area contributed by atoms with Crippen molar-refractivity contribution in [2.24, 2.45) is 0 Å². The summed E-state index contributed by atoms with van der Waals surface area (Å²) >= 11 is 1.52. The lowest BCUT2D eigenvalue weighted by Crippen LogP contribution is -2.21. The van der Waals surface area contributed by atoms with Crippen LogP contribution < -0.4 is 10.3 Å². The van der Waals surface area contributed by atoms with Crippen LogP contribution >= 0.6 is 11.3 Å². The molecule has 3 heterocycles. The fourth-order valence-corrected chi connectivity index (χ4v) is 4.59. The van der Waals surface area contributed by atoms with E-state index in [1.165, 1.54) is 22.2 Å². The van der Waals surface area contributed by atoms with E-state index in [1.807, 2.05) is 61.5 Å². The largest absolute Gasteiger partial charge is 0.497 e. The summed E-state index contributed by atoms with van der Waals surface area (Å²) in [7, 11) is 1.61. The summed E-state index contributed by atoms with van der Waals surface area (Å²) in [4.78, 5) is 19.5. The van der Waals surface area contributed by atoms with Crippen molar-refractivity contribution in [3.63, 3.8) is 0 Å². The molecule has 0 saturated carbocycles. The quantitative estimate of drug-likeness (QED) is 0.407. The molecule has 0 amide bonds. The Morgan fingerprint density at radius 3 is 2.55 bits per heavy atom. The van der Waals surface area contributed by atoms with Crippen molar-refractivity contribution >= 4 is 21.6 Å². The molecule has 0 saturated heterocycles. The van der Waals surface area contributed by atoms with E-state index in [0.717, 1.165) is 32.1 Å². The molecule has 0 spiro atoms. The van der Waals surface area contributed by atoms with Crippen LogP contribution in [0.15, 0.2) is 70.1 Å². The predicted octanol–water partition coefficient (Wildman–Crippen LogP) is 4.54. The SMILES string of the molecule is COc1ccc(-c2nnc(Cn3cnc4sc(-c5ccccc5)c(C)c4c3=O)o2)cc1. The summed E-state index contributed by atoms with van der Waals surface area (Å²) in [5.74, 6) is 1.47. The molecule has 0 N–H and O–H groups in total. The van der Waals surface area contributed by atoms with Crippen LogP contribution in [0.3, 0.4) is 0 Å². The highest BCUT2D eigenvalue weighted by Gasteiger charge is 2.17. The first-order chi connectivity index (χ1) is 15.1. The highest BCUT2D eigenvalue weighted by Crippen LogP contribution is 2.35. The summed E-state index contributed by atoms with van der Waals surface area (Å²) in [5, 5.41) is 8.82. The number of benzene rings is 2. The van der Waals surface area contributed by atoms with Crippen LogP contribution in [0, 0.1) is 6.92 Å². The molecule has 3 aromatic heterocycles. The Kier molecular flexibility index (Phi) is 4.83. The number of nitrogens with zero attached hydrogens (tertiary/aromatic N) is 4. The minimum absolute atomic E-state index is 0.120. The maximum absolute atomic E-state index is 13.2. The number of methoxy groups -OCH3 is 1. The molecule has 0 fully saturated rings. The Bertz CT molecular complexity index is 1420. The van der Waals surface area contributed by atoms with E-state index in [2.05, 4.69) is 15.2 Å². The second kappa shape index (κ2) is 7.81. The zero-order valence-electron chi connectivity index (χ0n) is 16.9. The van der Waals surface area contributed by atoms with Gasteiger partial charge < -0.3 is 9.15 Å². The van der Waals surface area contributed by atoms with Crippen molar-refractivity contribution in [2.45, 2.75) is 13.5 Å². The first kappa shape index (κ1) is 19.2. The second-order valence-corrected chi connectivity index (χ2v) is 8.01. The van der Waals surface area contributed by atoms with Crippen LogP contribution in [0.5, 0.6) is 5.75 Å². The summed E-state index contributed by atoms with van der Waals surface area (Å²) in [6.45, 7) is 2.12. The molecule has 154 valence electrons. The highest BCUT2D eigenvalue weighted by molar-refractivity contribution is 7.22. The van der Waals surface area contributed by atoms with Gasteiger partial charge in [0.1, 0.15) is 17.1 Å². The monoisotopic (exact) mass is 430 g/mol. The molecule has 0 aliphatic rings. The zero-order valence-corrected chi connectivity index (χ0v) is 17.7. The summed E-state index contributed by atoms with van der Waals surface area (Å²) in [6, 6.07) is 17.4. The van der Waals surface area contributed by atoms with Gasteiger partial charge in [0, 0.05) is 10.4 Å². The number of hydrogen-bond acceptors (Lipinski definition) is 7. The number of ether oxygens (including phenoxy) is 1. The van der Waals surface area contributed by atoms with Gasteiger partial charge >= 0.3 is 0 Å². The molecule has 0 aliphatic carbocycles. The fourth-order valence-electron chi connectivity index (χ4n) is 3.45. The molecule has 8 heteroatoms. The number of aryl methyl sites for hydroxylation is 1. The minimum Gasteiger partial charge on any atom is -0.497 e. The average molecular weight is 430 g/mol. The third kappa shape index (κ3) is 3.51. The van der Waals surface area contributed by atoms with E-state index in [-0.39, 0.29) is 12.1 Å². The lowest BCUT2D eigenvalue weighted by Gasteiger charge is -2.02. The van der Waals surface area contributed by atoms with Crippen LogP contribution in [0.2, 0.25) is 0 Å². The Hall–Kier alpha value is -3.78. The zero-order chi connectivity index (χ0) is 21.4. The lowest BCUT2D eigenvalue weighted by molar-refractivity contribution is 0.415. The molecule has 5 rings (SSSR count). The molecule has 0 atom stereocenters. The first-order valence-corrected chi connectivity index (χ1v) is 10.5. The minimum atomic E-state index is -0.120. The standard InChI is InChI=1S/C23H18N4O3S/c1-14-19-22(31-20(14)15-6-4-3-5-7-15)24-13-27(23(19)28)12-18-25-26-21(30-18)16-8-10-17(29-2)11-9-16/h3-11,13H,12H2,1-2H3. The summed E-state index contributed by atoms with van der Waals surface area (Å²) < 4.78 is 12.4. The van der Waals surface area contributed by atoms with Gasteiger partial charge in [-0.25, -0.2) is 4.98 Å². The van der Waals surface area contributed by atoms with Gasteiger partial charge in [-0.15, -0.1) is 21.5 Å². The van der Waals surface area contributed by atoms with Crippen molar-refractivity contribution in [2.75, 3.05) is 7.11 Å². The molecule has 31 heavy (non-hydrogen) atoms.